The van der Waals surface area contributed by atoms with Gasteiger partial charge in [-0.3, -0.25) is 0 Å². The zero-order valence-corrected chi connectivity index (χ0v) is 14.6. The van der Waals surface area contributed by atoms with Crippen LogP contribution in [0.1, 0.15) is 20.3 Å². The average Bonchev–Trinajstić information content (AvgIpc) is 2.60. The molecule has 0 fully saturated rings. The summed E-state index contributed by atoms with van der Waals surface area (Å²) in [5.41, 5.74) is 1.23. The molecule has 23 heavy (non-hydrogen) atoms. The molecule has 2 heteroatoms. The van der Waals surface area contributed by atoms with Gasteiger partial charge in [-0.05, 0) is 31.9 Å². The number of allylic oxidation sites excluding steroid dienone is 3. The van der Waals surface area contributed by atoms with Gasteiger partial charge in [0, 0.05) is 5.92 Å². The summed E-state index contributed by atoms with van der Waals surface area (Å²) < 4.78 is 0. The zero-order valence-electron chi connectivity index (χ0n) is 13.7. The van der Waals surface area contributed by atoms with Crippen molar-refractivity contribution in [2.75, 3.05) is 0 Å². The van der Waals surface area contributed by atoms with Gasteiger partial charge in [0.2, 0.25) is 0 Å². The number of hydrogen-bond donors (Lipinski definition) is 0. The van der Waals surface area contributed by atoms with Crippen molar-refractivity contribution in [2.45, 2.75) is 20.3 Å². The van der Waals surface area contributed by atoms with E-state index in [0.717, 1.165) is 12.7 Å². The molecule has 1 atom stereocenters. The fourth-order valence-corrected chi connectivity index (χ4v) is 4.34. The van der Waals surface area contributed by atoms with E-state index in [9.17, 15) is 4.79 Å². The quantitative estimate of drug-likeness (QED) is 0.406. The Bertz CT molecular complexity index is 619. The molecule has 0 N–H and O–H groups in total. The SMILES string of the molecule is C/C(=C/C(C)C=O)C/C=C/P(c1ccccc1)c1ccccc1. The second-order valence-corrected chi connectivity index (χ2v) is 7.71. The highest BCUT2D eigenvalue weighted by atomic mass is 31.1. The fraction of sp³-hybridized carbons (Fsp3) is 0.190. The second-order valence-electron chi connectivity index (χ2n) is 5.64. The maximum absolute atomic E-state index is 10.7. The molecular formula is C21H23OP. The van der Waals surface area contributed by atoms with Crippen LogP contribution >= 0.6 is 7.92 Å². The lowest BCUT2D eigenvalue weighted by atomic mass is 10.1. The number of aldehydes is 1. The molecule has 2 rings (SSSR count). The van der Waals surface area contributed by atoms with Crippen LogP contribution in [-0.4, -0.2) is 6.29 Å². The topological polar surface area (TPSA) is 17.1 Å². The Morgan fingerprint density at radius 3 is 2.00 bits per heavy atom. The minimum Gasteiger partial charge on any atom is -0.303 e. The van der Waals surface area contributed by atoms with Gasteiger partial charge in [0.1, 0.15) is 6.29 Å². The third kappa shape index (κ3) is 5.62. The van der Waals surface area contributed by atoms with Crippen LogP contribution in [-0.2, 0) is 4.79 Å². The van der Waals surface area contributed by atoms with Crippen LogP contribution < -0.4 is 10.6 Å². The molecule has 2 aromatic carbocycles. The van der Waals surface area contributed by atoms with Gasteiger partial charge in [-0.1, -0.05) is 91.1 Å². The Morgan fingerprint density at radius 1 is 1.00 bits per heavy atom. The molecule has 0 spiro atoms. The summed E-state index contributed by atoms with van der Waals surface area (Å²) in [6.45, 7) is 4.00. The third-order valence-electron chi connectivity index (χ3n) is 3.53. The van der Waals surface area contributed by atoms with Crippen LogP contribution in [0, 0.1) is 5.92 Å². The number of carbonyl (C=O) groups is 1. The highest BCUT2D eigenvalue weighted by Gasteiger charge is 2.09. The monoisotopic (exact) mass is 322 g/mol. The molecule has 0 aliphatic carbocycles. The van der Waals surface area contributed by atoms with E-state index >= 15 is 0 Å². The van der Waals surface area contributed by atoms with Gasteiger partial charge in [0.25, 0.3) is 0 Å². The summed E-state index contributed by atoms with van der Waals surface area (Å²) in [5, 5.41) is 2.71. The first-order valence-electron chi connectivity index (χ1n) is 7.89. The van der Waals surface area contributed by atoms with Gasteiger partial charge >= 0.3 is 0 Å². The van der Waals surface area contributed by atoms with Gasteiger partial charge in [0.05, 0.1) is 0 Å². The van der Waals surface area contributed by atoms with E-state index in [1.807, 2.05) is 13.0 Å². The molecule has 0 aromatic heterocycles. The highest BCUT2D eigenvalue weighted by molar-refractivity contribution is 7.75. The molecule has 0 saturated carbocycles. The van der Waals surface area contributed by atoms with Crippen molar-refractivity contribution >= 4 is 24.8 Å². The normalized spacial score (nSPS) is 13.4. The number of carbonyl (C=O) groups excluding carboxylic acids is 1. The Labute approximate surface area is 140 Å². The maximum atomic E-state index is 10.7. The first kappa shape index (κ1) is 17.4. The van der Waals surface area contributed by atoms with Crippen LogP contribution in [0.3, 0.4) is 0 Å². The molecule has 0 aliphatic heterocycles. The minimum atomic E-state index is -0.483. The molecular weight excluding hydrogens is 299 g/mol. The van der Waals surface area contributed by atoms with Crippen molar-refractivity contribution in [2.24, 2.45) is 5.92 Å². The Hall–Kier alpha value is -1.98. The molecule has 2 aromatic rings. The van der Waals surface area contributed by atoms with Crippen molar-refractivity contribution < 1.29 is 4.79 Å². The van der Waals surface area contributed by atoms with Gasteiger partial charge in [-0.25, -0.2) is 0 Å². The van der Waals surface area contributed by atoms with Crippen molar-refractivity contribution in [1.29, 1.82) is 0 Å². The lowest BCUT2D eigenvalue weighted by molar-refractivity contribution is -0.109. The summed E-state index contributed by atoms with van der Waals surface area (Å²) in [6.07, 6.45) is 6.13. The number of rotatable bonds is 7. The molecule has 0 heterocycles. The van der Waals surface area contributed by atoms with E-state index in [4.69, 9.17) is 0 Å². The second kappa shape index (κ2) is 9.22. The zero-order chi connectivity index (χ0) is 16.5. The van der Waals surface area contributed by atoms with E-state index in [-0.39, 0.29) is 5.92 Å². The van der Waals surface area contributed by atoms with E-state index in [2.05, 4.69) is 79.5 Å². The van der Waals surface area contributed by atoms with Gasteiger partial charge in [0.15, 0.2) is 0 Å². The van der Waals surface area contributed by atoms with Crippen LogP contribution in [0.25, 0.3) is 0 Å². The van der Waals surface area contributed by atoms with E-state index < -0.39 is 7.92 Å². The van der Waals surface area contributed by atoms with E-state index in [1.54, 1.807) is 0 Å². The number of hydrogen-bond acceptors (Lipinski definition) is 1. The lowest BCUT2D eigenvalue weighted by Crippen LogP contribution is -2.09. The molecule has 0 aliphatic rings. The molecule has 0 saturated heterocycles. The van der Waals surface area contributed by atoms with Crippen molar-refractivity contribution in [3.8, 4) is 0 Å². The highest BCUT2D eigenvalue weighted by Crippen LogP contribution is 2.35. The maximum Gasteiger partial charge on any atom is 0.126 e. The minimum absolute atomic E-state index is 0.00634. The smallest absolute Gasteiger partial charge is 0.126 e. The predicted octanol–water partition coefficient (Wildman–Crippen LogP) is 4.80. The molecule has 0 bridgehead atoms. The summed E-state index contributed by atoms with van der Waals surface area (Å²) in [4.78, 5) is 10.7. The molecule has 118 valence electrons. The summed E-state index contributed by atoms with van der Waals surface area (Å²) in [7, 11) is -0.483. The van der Waals surface area contributed by atoms with Crippen molar-refractivity contribution in [1.82, 2.24) is 0 Å². The predicted molar refractivity (Wildman–Crippen MR) is 102 cm³/mol. The van der Waals surface area contributed by atoms with E-state index in [1.165, 1.54) is 16.2 Å². The first-order chi connectivity index (χ1) is 11.2. The summed E-state index contributed by atoms with van der Waals surface area (Å²) in [5.74, 6) is 2.32. The van der Waals surface area contributed by atoms with Gasteiger partial charge < -0.3 is 4.79 Å². The lowest BCUT2D eigenvalue weighted by Gasteiger charge is -2.14. The van der Waals surface area contributed by atoms with E-state index in [0.29, 0.717) is 0 Å². The van der Waals surface area contributed by atoms with Crippen LogP contribution in [0.2, 0.25) is 0 Å². The Morgan fingerprint density at radius 2 is 1.52 bits per heavy atom. The van der Waals surface area contributed by atoms with Crippen molar-refractivity contribution in [3.63, 3.8) is 0 Å². The fourth-order valence-electron chi connectivity index (χ4n) is 2.40. The molecule has 0 amide bonds. The summed E-state index contributed by atoms with van der Waals surface area (Å²) in [6, 6.07) is 21.3. The van der Waals surface area contributed by atoms with Gasteiger partial charge in [-0.2, -0.15) is 0 Å². The third-order valence-corrected chi connectivity index (χ3v) is 5.74. The van der Waals surface area contributed by atoms with Crippen molar-refractivity contribution in [3.05, 3.63) is 84.2 Å². The average molecular weight is 322 g/mol. The van der Waals surface area contributed by atoms with Crippen LogP contribution in [0.5, 0.6) is 0 Å². The molecule has 0 radical (unpaired) electrons. The number of benzene rings is 2. The summed E-state index contributed by atoms with van der Waals surface area (Å²) >= 11 is 0. The standard InChI is InChI=1S/C21H23OP/c1-18(16-19(2)17-22)10-9-15-23(20-11-5-3-6-12-20)21-13-7-4-8-14-21/h3-9,11-17,19H,10H2,1-2H3/b15-9+,18-16-. The molecule has 1 unspecified atom stereocenters. The first-order valence-corrected chi connectivity index (χ1v) is 9.30. The molecule has 1 nitrogen and oxygen atoms in total. The Balaban J connectivity index is 2.18. The Kier molecular flexibility index (Phi) is 6.97. The largest absolute Gasteiger partial charge is 0.303 e. The van der Waals surface area contributed by atoms with Crippen LogP contribution in [0.4, 0.5) is 0 Å². The van der Waals surface area contributed by atoms with Crippen LogP contribution in [0.15, 0.2) is 84.2 Å². The van der Waals surface area contributed by atoms with Gasteiger partial charge in [-0.15, -0.1) is 0 Å².